The monoisotopic (exact) mass is 439 g/mol. The van der Waals surface area contributed by atoms with Crippen molar-refractivity contribution in [1.29, 1.82) is 0 Å². The SMILES string of the molecule is Cc1cc2nc(C3CCN(C(=O)c4nccc5ccccc45)CC3)cc(C(F)(F)F)n2n1. The van der Waals surface area contributed by atoms with Gasteiger partial charge in [0.05, 0.1) is 5.69 Å². The van der Waals surface area contributed by atoms with Gasteiger partial charge < -0.3 is 4.90 Å². The van der Waals surface area contributed by atoms with E-state index < -0.39 is 11.9 Å². The molecule has 0 atom stereocenters. The van der Waals surface area contributed by atoms with Crippen LogP contribution < -0.4 is 0 Å². The first-order valence-corrected chi connectivity index (χ1v) is 10.4. The first kappa shape index (κ1) is 20.4. The highest BCUT2D eigenvalue weighted by molar-refractivity contribution is 6.05. The number of carbonyl (C=O) groups is 1. The van der Waals surface area contributed by atoms with E-state index in [1.54, 1.807) is 24.1 Å². The summed E-state index contributed by atoms with van der Waals surface area (Å²) >= 11 is 0. The number of benzene rings is 1. The van der Waals surface area contributed by atoms with Gasteiger partial charge in [-0.05, 0) is 37.3 Å². The Bertz CT molecular complexity index is 1320. The van der Waals surface area contributed by atoms with Gasteiger partial charge in [0.2, 0.25) is 0 Å². The number of nitrogens with zero attached hydrogens (tertiary/aromatic N) is 5. The first-order valence-electron chi connectivity index (χ1n) is 10.4. The van der Waals surface area contributed by atoms with Crippen LogP contribution in [-0.4, -0.2) is 43.5 Å². The zero-order chi connectivity index (χ0) is 22.5. The zero-order valence-electron chi connectivity index (χ0n) is 17.3. The van der Waals surface area contributed by atoms with Gasteiger partial charge >= 0.3 is 6.18 Å². The smallest absolute Gasteiger partial charge is 0.337 e. The van der Waals surface area contributed by atoms with Crippen molar-refractivity contribution in [2.24, 2.45) is 0 Å². The number of likely N-dealkylation sites (tertiary alicyclic amines) is 1. The number of fused-ring (bicyclic) bond motifs is 2. The Hall–Kier alpha value is -3.49. The third kappa shape index (κ3) is 3.57. The number of halogens is 3. The van der Waals surface area contributed by atoms with E-state index in [9.17, 15) is 18.0 Å². The van der Waals surface area contributed by atoms with Crippen LogP contribution in [0.4, 0.5) is 13.2 Å². The van der Waals surface area contributed by atoms with E-state index in [0.29, 0.717) is 43.0 Å². The molecule has 5 rings (SSSR count). The maximum absolute atomic E-state index is 13.6. The van der Waals surface area contributed by atoms with Gasteiger partial charge in [0.25, 0.3) is 5.91 Å². The number of hydrogen-bond donors (Lipinski definition) is 0. The van der Waals surface area contributed by atoms with E-state index in [4.69, 9.17) is 0 Å². The number of aromatic nitrogens is 4. The fourth-order valence-corrected chi connectivity index (χ4v) is 4.34. The third-order valence-corrected chi connectivity index (χ3v) is 5.94. The van der Waals surface area contributed by atoms with Crippen molar-refractivity contribution in [2.75, 3.05) is 13.1 Å². The fourth-order valence-electron chi connectivity index (χ4n) is 4.34. The summed E-state index contributed by atoms with van der Waals surface area (Å²) < 4.78 is 41.7. The number of alkyl halides is 3. The summed E-state index contributed by atoms with van der Waals surface area (Å²) in [6.45, 7) is 2.50. The summed E-state index contributed by atoms with van der Waals surface area (Å²) in [5.41, 5.74) is 0.619. The Morgan fingerprint density at radius 3 is 2.59 bits per heavy atom. The summed E-state index contributed by atoms with van der Waals surface area (Å²) in [7, 11) is 0. The van der Waals surface area contributed by atoms with Crippen molar-refractivity contribution >= 4 is 22.3 Å². The maximum atomic E-state index is 13.6. The summed E-state index contributed by atoms with van der Waals surface area (Å²) in [5.74, 6) is -0.327. The van der Waals surface area contributed by atoms with Gasteiger partial charge in [0.15, 0.2) is 5.65 Å². The number of aryl methyl sites for hydroxylation is 1. The van der Waals surface area contributed by atoms with Crippen molar-refractivity contribution in [3.05, 3.63) is 71.4 Å². The van der Waals surface area contributed by atoms with Crippen LogP contribution in [0.15, 0.2) is 48.7 Å². The average Bonchev–Trinajstić information content (AvgIpc) is 3.17. The Labute approximate surface area is 181 Å². The highest BCUT2D eigenvalue weighted by atomic mass is 19.4. The van der Waals surface area contributed by atoms with Crippen molar-refractivity contribution in [1.82, 2.24) is 24.5 Å². The average molecular weight is 439 g/mol. The fraction of sp³-hybridized carbons (Fsp3) is 0.304. The first-order chi connectivity index (χ1) is 15.3. The van der Waals surface area contributed by atoms with Crippen molar-refractivity contribution in [3.8, 4) is 0 Å². The molecule has 9 heteroatoms. The highest BCUT2D eigenvalue weighted by Gasteiger charge is 2.36. The summed E-state index contributed by atoms with van der Waals surface area (Å²) in [5, 5.41) is 5.66. The molecule has 1 fully saturated rings. The molecule has 0 saturated carbocycles. The molecule has 0 unspecified atom stereocenters. The van der Waals surface area contributed by atoms with E-state index in [-0.39, 0.29) is 17.5 Å². The van der Waals surface area contributed by atoms with Crippen LogP contribution in [0.3, 0.4) is 0 Å². The zero-order valence-corrected chi connectivity index (χ0v) is 17.3. The lowest BCUT2D eigenvalue weighted by Crippen LogP contribution is -2.38. The lowest BCUT2D eigenvalue weighted by Gasteiger charge is -2.32. The number of rotatable bonds is 2. The van der Waals surface area contributed by atoms with E-state index >= 15 is 0 Å². The number of pyridine rings is 1. The lowest BCUT2D eigenvalue weighted by atomic mass is 9.92. The molecule has 0 N–H and O–H groups in total. The van der Waals surface area contributed by atoms with Crippen molar-refractivity contribution in [2.45, 2.75) is 31.9 Å². The van der Waals surface area contributed by atoms with Gasteiger partial charge in [-0.1, -0.05) is 24.3 Å². The summed E-state index contributed by atoms with van der Waals surface area (Å²) in [6, 6.07) is 12.1. The van der Waals surface area contributed by atoms with Crippen LogP contribution in [0, 0.1) is 6.92 Å². The maximum Gasteiger partial charge on any atom is 0.433 e. The Morgan fingerprint density at radius 2 is 1.84 bits per heavy atom. The minimum absolute atomic E-state index is 0.161. The second kappa shape index (κ2) is 7.58. The summed E-state index contributed by atoms with van der Waals surface area (Å²) in [4.78, 5) is 23.6. The van der Waals surface area contributed by atoms with Crippen LogP contribution in [0.25, 0.3) is 16.4 Å². The number of piperidine rings is 1. The molecule has 6 nitrogen and oxygen atoms in total. The standard InChI is InChI=1S/C23H20F3N5O/c1-14-12-20-28-18(13-19(23(24,25)26)31(20)29-14)16-7-10-30(11-8-16)22(32)21-17-5-3-2-4-15(17)6-9-27-21/h2-6,9,12-13,16H,7-8,10-11H2,1H3. The Morgan fingerprint density at radius 1 is 1.09 bits per heavy atom. The normalized spacial score (nSPS) is 15.6. The molecule has 1 aliphatic rings. The van der Waals surface area contributed by atoms with Crippen LogP contribution in [0.2, 0.25) is 0 Å². The predicted octanol–water partition coefficient (Wildman–Crippen LogP) is 4.62. The molecule has 0 bridgehead atoms. The molecule has 4 heterocycles. The van der Waals surface area contributed by atoms with Crippen LogP contribution in [0.5, 0.6) is 0 Å². The molecule has 4 aromatic rings. The van der Waals surface area contributed by atoms with Gasteiger partial charge in [-0.15, -0.1) is 0 Å². The van der Waals surface area contributed by atoms with Gasteiger partial charge in [-0.25, -0.2) is 9.50 Å². The molecule has 0 aliphatic carbocycles. The second-order valence-electron chi connectivity index (χ2n) is 8.07. The van der Waals surface area contributed by atoms with Gasteiger partial charge in [-0.2, -0.15) is 18.3 Å². The highest BCUT2D eigenvalue weighted by Crippen LogP contribution is 2.34. The molecule has 1 aromatic carbocycles. The van der Waals surface area contributed by atoms with Crippen LogP contribution >= 0.6 is 0 Å². The lowest BCUT2D eigenvalue weighted by molar-refractivity contribution is -0.142. The van der Waals surface area contributed by atoms with Crippen molar-refractivity contribution < 1.29 is 18.0 Å². The predicted molar refractivity (Wildman–Crippen MR) is 112 cm³/mol. The molecule has 0 spiro atoms. The van der Waals surface area contributed by atoms with Crippen LogP contribution in [-0.2, 0) is 6.18 Å². The van der Waals surface area contributed by atoms with Gasteiger partial charge in [0.1, 0.15) is 11.4 Å². The Balaban J connectivity index is 1.39. The molecule has 3 aromatic heterocycles. The van der Waals surface area contributed by atoms with Gasteiger partial charge in [-0.3, -0.25) is 9.78 Å². The van der Waals surface area contributed by atoms with Gasteiger partial charge in [0, 0.05) is 42.4 Å². The van der Waals surface area contributed by atoms with E-state index in [1.807, 2.05) is 30.3 Å². The summed E-state index contributed by atoms with van der Waals surface area (Å²) in [6.07, 6.45) is -1.85. The molecule has 1 aliphatic heterocycles. The molecule has 1 amide bonds. The van der Waals surface area contributed by atoms with Crippen molar-refractivity contribution in [3.63, 3.8) is 0 Å². The van der Waals surface area contributed by atoms with E-state index in [1.165, 1.54) is 0 Å². The topological polar surface area (TPSA) is 63.4 Å². The molecular formula is C23H20F3N5O. The quantitative estimate of drug-likeness (QED) is 0.457. The molecular weight excluding hydrogens is 419 g/mol. The van der Waals surface area contributed by atoms with E-state index in [2.05, 4.69) is 15.1 Å². The number of carbonyl (C=O) groups excluding carboxylic acids is 1. The molecule has 1 saturated heterocycles. The minimum Gasteiger partial charge on any atom is -0.337 e. The third-order valence-electron chi connectivity index (χ3n) is 5.94. The van der Waals surface area contributed by atoms with Crippen LogP contribution in [0.1, 0.15) is 46.3 Å². The molecule has 164 valence electrons. The Kier molecular flexibility index (Phi) is 4.83. The number of amides is 1. The molecule has 0 radical (unpaired) electrons. The second-order valence-corrected chi connectivity index (χ2v) is 8.07. The largest absolute Gasteiger partial charge is 0.433 e. The van der Waals surface area contributed by atoms with E-state index in [0.717, 1.165) is 21.4 Å². The number of hydrogen-bond acceptors (Lipinski definition) is 4. The minimum atomic E-state index is -4.54. The molecule has 32 heavy (non-hydrogen) atoms.